The van der Waals surface area contributed by atoms with E-state index in [1.54, 1.807) is 37.3 Å². The zero-order valence-corrected chi connectivity index (χ0v) is 19.4. The Morgan fingerprint density at radius 2 is 1.71 bits per heavy atom. The van der Waals surface area contributed by atoms with E-state index in [2.05, 4.69) is 0 Å². The maximum absolute atomic E-state index is 14.4. The zero-order chi connectivity index (χ0) is 24.7. The molecule has 1 atom stereocenters. The second-order valence-electron chi connectivity index (χ2n) is 8.64. The van der Waals surface area contributed by atoms with Crippen LogP contribution in [0.15, 0.2) is 71.8 Å². The van der Waals surface area contributed by atoms with E-state index in [1.807, 2.05) is 26.0 Å². The minimum absolute atomic E-state index is 0.0569. The van der Waals surface area contributed by atoms with Crippen molar-refractivity contribution in [2.45, 2.75) is 46.2 Å². The molecule has 2 aromatic carbocycles. The number of nitrogens with zero attached hydrogens (tertiary/aromatic N) is 2. The maximum Gasteiger partial charge on any atom is 0.416 e. The van der Waals surface area contributed by atoms with E-state index >= 15 is 0 Å². The van der Waals surface area contributed by atoms with Crippen LogP contribution < -0.4 is 9.80 Å². The van der Waals surface area contributed by atoms with Gasteiger partial charge in [0.25, 0.3) is 5.91 Å². The lowest BCUT2D eigenvalue weighted by Crippen LogP contribution is -2.50. The first-order valence-corrected chi connectivity index (χ1v) is 11.5. The molecule has 7 heteroatoms. The summed E-state index contributed by atoms with van der Waals surface area (Å²) in [7, 11) is 0. The van der Waals surface area contributed by atoms with Gasteiger partial charge in [-0.15, -0.1) is 0 Å². The molecule has 0 bridgehead atoms. The minimum atomic E-state index is -4.59. The molecule has 0 saturated carbocycles. The molecule has 178 valence electrons. The number of benzene rings is 2. The van der Waals surface area contributed by atoms with Crippen LogP contribution in [0, 0.1) is 5.41 Å². The van der Waals surface area contributed by atoms with Crippen molar-refractivity contribution in [3.8, 4) is 0 Å². The molecule has 1 spiro atoms. The molecular weight excluding hydrogens is 441 g/mol. The zero-order valence-electron chi connectivity index (χ0n) is 19.4. The number of amides is 2. The molecule has 0 fully saturated rings. The van der Waals surface area contributed by atoms with Gasteiger partial charge in [-0.3, -0.25) is 14.5 Å². The molecule has 0 saturated heterocycles. The summed E-state index contributed by atoms with van der Waals surface area (Å²) in [5, 5.41) is 0. The number of carbonyl (C=O) groups is 2. The Balaban J connectivity index is 2.06. The Morgan fingerprint density at radius 3 is 2.32 bits per heavy atom. The average Bonchev–Trinajstić information content (AvgIpc) is 3.12. The van der Waals surface area contributed by atoms with Crippen molar-refractivity contribution in [3.05, 3.63) is 77.4 Å². The van der Waals surface area contributed by atoms with Gasteiger partial charge in [-0.05, 0) is 69.0 Å². The lowest BCUT2D eigenvalue weighted by Gasteiger charge is -2.33. The van der Waals surface area contributed by atoms with Gasteiger partial charge in [0.15, 0.2) is 5.41 Å². The van der Waals surface area contributed by atoms with Gasteiger partial charge in [0, 0.05) is 12.2 Å². The van der Waals surface area contributed by atoms with E-state index in [4.69, 9.17) is 0 Å². The highest BCUT2D eigenvalue weighted by molar-refractivity contribution is 6.25. The highest BCUT2D eigenvalue weighted by Crippen LogP contribution is 2.53. The van der Waals surface area contributed by atoms with Gasteiger partial charge < -0.3 is 4.90 Å². The highest BCUT2D eigenvalue weighted by Gasteiger charge is 2.57. The van der Waals surface area contributed by atoms with Crippen LogP contribution in [0.1, 0.15) is 45.6 Å². The van der Waals surface area contributed by atoms with Crippen molar-refractivity contribution < 1.29 is 22.8 Å². The number of anilines is 3. The summed E-state index contributed by atoms with van der Waals surface area (Å²) < 4.78 is 41.1. The van der Waals surface area contributed by atoms with Crippen molar-refractivity contribution in [1.82, 2.24) is 0 Å². The summed E-state index contributed by atoms with van der Waals surface area (Å²) in [4.78, 5) is 31.3. The fourth-order valence-corrected chi connectivity index (χ4v) is 4.96. The van der Waals surface area contributed by atoms with Crippen LogP contribution in [0.5, 0.6) is 0 Å². The van der Waals surface area contributed by atoms with E-state index in [0.29, 0.717) is 17.7 Å². The second-order valence-corrected chi connectivity index (χ2v) is 8.64. The summed E-state index contributed by atoms with van der Waals surface area (Å²) in [6.45, 7) is 5.86. The summed E-state index contributed by atoms with van der Waals surface area (Å²) >= 11 is 0. The monoisotopic (exact) mass is 468 g/mol. The third-order valence-electron chi connectivity index (χ3n) is 6.66. The number of para-hydroxylation sites is 1. The summed E-state index contributed by atoms with van der Waals surface area (Å²) in [5.41, 5.74) is -0.0198. The minimum Gasteiger partial charge on any atom is -0.309 e. The van der Waals surface area contributed by atoms with Crippen molar-refractivity contribution in [2.24, 2.45) is 5.41 Å². The number of fused-ring (bicyclic) bond motifs is 1. The topological polar surface area (TPSA) is 40.6 Å². The largest absolute Gasteiger partial charge is 0.416 e. The summed E-state index contributed by atoms with van der Waals surface area (Å²) in [6.07, 6.45) is 0.724. The standard InChI is InChI=1S/C27H27F3N2O2/c1-4-6-12-21-18(3)15-16-26(21)24(33)31(5-2)22-14-13-19(27(28,29)30)17-23(22)32(25(26)34)20-10-8-7-9-11-20/h6-14,17H,4-5,15-16H2,1-3H3/b12-6-. The van der Waals surface area contributed by atoms with Crippen LogP contribution in [0.4, 0.5) is 30.2 Å². The summed E-state index contributed by atoms with van der Waals surface area (Å²) in [5.74, 6) is -0.917. The van der Waals surface area contributed by atoms with Crippen LogP contribution in [0.25, 0.3) is 0 Å². The Bertz CT molecular complexity index is 1180. The molecule has 0 radical (unpaired) electrons. The van der Waals surface area contributed by atoms with Crippen molar-refractivity contribution in [3.63, 3.8) is 0 Å². The van der Waals surface area contributed by atoms with Crippen molar-refractivity contribution in [2.75, 3.05) is 16.3 Å². The number of hydrogen-bond donors (Lipinski definition) is 0. The number of halogens is 3. The van der Waals surface area contributed by atoms with E-state index < -0.39 is 29.0 Å². The van der Waals surface area contributed by atoms with Gasteiger partial charge in [0.1, 0.15) is 0 Å². The molecule has 2 aliphatic rings. The lowest BCUT2D eigenvalue weighted by molar-refractivity contribution is -0.138. The molecule has 4 rings (SSSR count). The molecule has 4 nitrogen and oxygen atoms in total. The number of alkyl halides is 3. The molecule has 0 aromatic heterocycles. The van der Waals surface area contributed by atoms with Crippen LogP contribution in [0.3, 0.4) is 0 Å². The smallest absolute Gasteiger partial charge is 0.309 e. The molecule has 2 amide bonds. The SMILES string of the molecule is CC/C=C\C1=C(C)CCC12C(=O)N(CC)c1ccc(C(F)(F)F)cc1N(c1ccccc1)C2=O. The van der Waals surface area contributed by atoms with Gasteiger partial charge in [0.2, 0.25) is 5.91 Å². The van der Waals surface area contributed by atoms with E-state index in [9.17, 15) is 22.8 Å². The predicted molar refractivity (Wildman–Crippen MR) is 127 cm³/mol. The molecule has 1 unspecified atom stereocenters. The molecule has 0 N–H and O–H groups in total. The summed E-state index contributed by atoms with van der Waals surface area (Å²) in [6, 6.07) is 11.8. The second kappa shape index (κ2) is 8.78. The van der Waals surface area contributed by atoms with E-state index in [1.165, 1.54) is 15.9 Å². The normalized spacial score (nSPS) is 21.1. The number of carbonyl (C=O) groups excluding carboxylic acids is 2. The highest BCUT2D eigenvalue weighted by atomic mass is 19.4. The van der Waals surface area contributed by atoms with Crippen LogP contribution in [-0.4, -0.2) is 18.4 Å². The maximum atomic E-state index is 14.4. The Hall–Kier alpha value is -3.35. The number of allylic oxidation sites excluding steroid dienone is 3. The first-order chi connectivity index (χ1) is 16.2. The Kier molecular flexibility index (Phi) is 6.14. The van der Waals surface area contributed by atoms with Gasteiger partial charge in [-0.25, -0.2) is 0 Å². The van der Waals surface area contributed by atoms with Gasteiger partial charge >= 0.3 is 6.18 Å². The molecular formula is C27H27F3N2O2. The molecule has 1 heterocycles. The number of rotatable bonds is 4. The van der Waals surface area contributed by atoms with Crippen LogP contribution >= 0.6 is 0 Å². The van der Waals surface area contributed by atoms with Crippen LogP contribution in [0.2, 0.25) is 0 Å². The van der Waals surface area contributed by atoms with Crippen molar-refractivity contribution >= 4 is 28.9 Å². The number of hydrogen-bond acceptors (Lipinski definition) is 2. The van der Waals surface area contributed by atoms with E-state index in [0.717, 1.165) is 24.1 Å². The first-order valence-electron chi connectivity index (χ1n) is 11.5. The molecule has 1 aliphatic carbocycles. The first kappa shape index (κ1) is 23.8. The molecule has 34 heavy (non-hydrogen) atoms. The van der Waals surface area contributed by atoms with E-state index in [-0.39, 0.29) is 24.3 Å². The van der Waals surface area contributed by atoms with Gasteiger partial charge in [0.05, 0.1) is 16.9 Å². The predicted octanol–water partition coefficient (Wildman–Crippen LogP) is 6.80. The quantitative estimate of drug-likeness (QED) is 0.463. The Labute approximate surface area is 197 Å². The fourth-order valence-electron chi connectivity index (χ4n) is 4.96. The average molecular weight is 469 g/mol. The fraction of sp³-hybridized carbons (Fsp3) is 0.333. The van der Waals surface area contributed by atoms with Gasteiger partial charge in [-0.1, -0.05) is 42.8 Å². The van der Waals surface area contributed by atoms with Crippen molar-refractivity contribution in [1.29, 1.82) is 0 Å². The van der Waals surface area contributed by atoms with Crippen LogP contribution in [-0.2, 0) is 15.8 Å². The lowest BCUT2D eigenvalue weighted by atomic mass is 9.77. The Morgan fingerprint density at radius 1 is 1.00 bits per heavy atom. The third-order valence-corrected chi connectivity index (χ3v) is 6.66. The molecule has 2 aromatic rings. The van der Waals surface area contributed by atoms with Gasteiger partial charge in [-0.2, -0.15) is 13.2 Å². The molecule has 1 aliphatic heterocycles. The third kappa shape index (κ3) is 3.63.